The lowest BCUT2D eigenvalue weighted by atomic mass is 10.3. The monoisotopic (exact) mass is 268 g/mol. The highest BCUT2D eigenvalue weighted by atomic mass is 32.1. The zero-order chi connectivity index (χ0) is 13.0. The number of hydrogen-bond donors (Lipinski definition) is 1. The number of thiazole rings is 1. The number of likely N-dealkylation sites (N-methyl/N-ethyl adjacent to an activating group) is 1. The summed E-state index contributed by atoms with van der Waals surface area (Å²) in [6, 6.07) is 0. The molecule has 1 aliphatic heterocycles. The van der Waals surface area contributed by atoms with Gasteiger partial charge in [-0.25, -0.2) is 4.98 Å². The Morgan fingerprint density at radius 1 is 1.50 bits per heavy atom. The molecule has 0 spiro atoms. The molecule has 1 aromatic rings. The Morgan fingerprint density at radius 2 is 2.22 bits per heavy atom. The van der Waals surface area contributed by atoms with E-state index in [2.05, 4.69) is 10.3 Å². The molecule has 2 heterocycles. The van der Waals surface area contributed by atoms with Crippen LogP contribution in [-0.4, -0.2) is 66.4 Å². The summed E-state index contributed by atoms with van der Waals surface area (Å²) in [6.07, 6.45) is 0. The third-order valence-corrected chi connectivity index (χ3v) is 3.43. The highest BCUT2D eigenvalue weighted by molar-refractivity contribution is 7.07. The third kappa shape index (κ3) is 3.05. The molecule has 6 nitrogen and oxygen atoms in total. The van der Waals surface area contributed by atoms with Crippen molar-refractivity contribution in [2.75, 3.05) is 39.8 Å². The standard InChI is InChI=1S/C11H16N4O2S/c1-14(11(17)9-7-18-8-13-9)6-10(16)15-4-2-12-3-5-15/h7-8,12H,2-6H2,1H3. The van der Waals surface area contributed by atoms with E-state index in [1.165, 1.54) is 16.2 Å². The van der Waals surface area contributed by atoms with Crippen molar-refractivity contribution in [2.45, 2.75) is 0 Å². The van der Waals surface area contributed by atoms with Gasteiger partial charge in [-0.3, -0.25) is 9.59 Å². The van der Waals surface area contributed by atoms with Gasteiger partial charge in [0.25, 0.3) is 5.91 Å². The average Bonchev–Trinajstić information content (AvgIpc) is 2.92. The van der Waals surface area contributed by atoms with E-state index in [9.17, 15) is 9.59 Å². The van der Waals surface area contributed by atoms with Gasteiger partial charge < -0.3 is 15.1 Å². The molecule has 18 heavy (non-hydrogen) atoms. The van der Waals surface area contributed by atoms with Crippen LogP contribution in [0.25, 0.3) is 0 Å². The molecule has 0 unspecified atom stereocenters. The fraction of sp³-hybridized carbons (Fsp3) is 0.545. The number of carbonyl (C=O) groups excluding carboxylic acids is 2. The predicted molar refractivity (Wildman–Crippen MR) is 68.5 cm³/mol. The molecule has 2 amide bonds. The highest BCUT2D eigenvalue weighted by Gasteiger charge is 2.21. The van der Waals surface area contributed by atoms with Crippen LogP contribution < -0.4 is 5.32 Å². The zero-order valence-electron chi connectivity index (χ0n) is 10.3. The fourth-order valence-corrected chi connectivity index (χ4v) is 2.33. The molecule has 2 rings (SSSR count). The molecule has 1 N–H and O–H groups in total. The molecule has 0 aromatic carbocycles. The first-order chi connectivity index (χ1) is 8.68. The normalized spacial score (nSPS) is 15.5. The summed E-state index contributed by atoms with van der Waals surface area (Å²) in [5, 5.41) is 4.87. The van der Waals surface area contributed by atoms with E-state index in [4.69, 9.17) is 0 Å². The summed E-state index contributed by atoms with van der Waals surface area (Å²) in [6.45, 7) is 3.15. The quantitative estimate of drug-likeness (QED) is 0.813. The Kier molecular flexibility index (Phi) is 4.27. The van der Waals surface area contributed by atoms with Crippen molar-refractivity contribution in [3.05, 3.63) is 16.6 Å². The SMILES string of the molecule is CN(CC(=O)N1CCNCC1)C(=O)c1cscn1. The van der Waals surface area contributed by atoms with Gasteiger partial charge in [0.2, 0.25) is 5.91 Å². The molecule has 1 aliphatic rings. The lowest BCUT2D eigenvalue weighted by molar-refractivity contribution is -0.132. The molecule has 1 aromatic heterocycles. The fourth-order valence-electron chi connectivity index (χ4n) is 1.80. The van der Waals surface area contributed by atoms with Crippen molar-refractivity contribution < 1.29 is 9.59 Å². The number of aromatic nitrogens is 1. The van der Waals surface area contributed by atoms with Crippen molar-refractivity contribution in [3.8, 4) is 0 Å². The molecule has 0 radical (unpaired) electrons. The van der Waals surface area contributed by atoms with Gasteiger partial charge in [0.15, 0.2) is 0 Å². The number of rotatable bonds is 3. The Labute approximate surface area is 110 Å². The first-order valence-electron chi connectivity index (χ1n) is 5.80. The van der Waals surface area contributed by atoms with Crippen LogP contribution in [0.1, 0.15) is 10.5 Å². The summed E-state index contributed by atoms with van der Waals surface area (Å²) in [4.78, 5) is 31.0. The molecule has 1 fully saturated rings. The molecule has 0 bridgehead atoms. The number of amides is 2. The van der Waals surface area contributed by atoms with Gasteiger partial charge in [-0.1, -0.05) is 0 Å². The van der Waals surface area contributed by atoms with Crippen LogP contribution in [0.2, 0.25) is 0 Å². The van der Waals surface area contributed by atoms with E-state index in [0.717, 1.165) is 13.1 Å². The lowest BCUT2D eigenvalue weighted by Gasteiger charge is -2.29. The topological polar surface area (TPSA) is 65.5 Å². The zero-order valence-corrected chi connectivity index (χ0v) is 11.1. The second kappa shape index (κ2) is 5.92. The van der Waals surface area contributed by atoms with Crippen LogP contribution in [0, 0.1) is 0 Å². The van der Waals surface area contributed by atoms with Crippen LogP contribution in [0.3, 0.4) is 0 Å². The Morgan fingerprint density at radius 3 is 2.83 bits per heavy atom. The van der Waals surface area contributed by atoms with E-state index < -0.39 is 0 Å². The number of nitrogens with one attached hydrogen (secondary N) is 1. The van der Waals surface area contributed by atoms with E-state index >= 15 is 0 Å². The number of hydrogen-bond acceptors (Lipinski definition) is 5. The van der Waals surface area contributed by atoms with E-state index in [-0.39, 0.29) is 18.4 Å². The van der Waals surface area contributed by atoms with Gasteiger partial charge in [0.05, 0.1) is 12.1 Å². The van der Waals surface area contributed by atoms with Crippen LogP contribution in [-0.2, 0) is 4.79 Å². The largest absolute Gasteiger partial charge is 0.339 e. The summed E-state index contributed by atoms with van der Waals surface area (Å²) in [5.74, 6) is -0.220. The molecule has 1 saturated heterocycles. The maximum atomic E-state index is 12.0. The number of piperazine rings is 1. The van der Waals surface area contributed by atoms with E-state index in [1.807, 2.05) is 0 Å². The van der Waals surface area contributed by atoms with Gasteiger partial charge in [0, 0.05) is 38.6 Å². The van der Waals surface area contributed by atoms with Crippen molar-refractivity contribution in [3.63, 3.8) is 0 Å². The van der Waals surface area contributed by atoms with Gasteiger partial charge >= 0.3 is 0 Å². The molecular weight excluding hydrogens is 252 g/mol. The molecule has 98 valence electrons. The Hall–Kier alpha value is -1.47. The van der Waals surface area contributed by atoms with Crippen LogP contribution in [0.15, 0.2) is 10.9 Å². The Bertz CT molecular complexity index is 415. The predicted octanol–water partition coefficient (Wildman–Crippen LogP) is -0.353. The van der Waals surface area contributed by atoms with Crippen LogP contribution in [0.5, 0.6) is 0 Å². The minimum atomic E-state index is -0.209. The smallest absolute Gasteiger partial charge is 0.273 e. The number of carbonyl (C=O) groups is 2. The van der Waals surface area contributed by atoms with Gasteiger partial charge in [-0.2, -0.15) is 0 Å². The van der Waals surface area contributed by atoms with Gasteiger partial charge in [-0.05, 0) is 0 Å². The van der Waals surface area contributed by atoms with E-state index in [1.54, 1.807) is 22.8 Å². The second-order valence-corrected chi connectivity index (χ2v) is 4.88. The van der Waals surface area contributed by atoms with Crippen molar-refractivity contribution >= 4 is 23.2 Å². The molecule has 0 atom stereocenters. The summed E-state index contributed by atoms with van der Waals surface area (Å²) in [7, 11) is 1.63. The van der Waals surface area contributed by atoms with Gasteiger partial charge in [-0.15, -0.1) is 11.3 Å². The number of nitrogens with zero attached hydrogens (tertiary/aromatic N) is 3. The maximum absolute atomic E-state index is 12.0. The van der Waals surface area contributed by atoms with Crippen molar-refractivity contribution in [1.82, 2.24) is 20.1 Å². The molecule has 0 saturated carbocycles. The second-order valence-electron chi connectivity index (χ2n) is 4.17. The lowest BCUT2D eigenvalue weighted by Crippen LogP contribution is -2.49. The summed E-state index contributed by atoms with van der Waals surface area (Å²) in [5.41, 5.74) is 2.01. The first-order valence-corrected chi connectivity index (χ1v) is 6.75. The molecule has 0 aliphatic carbocycles. The molecule has 7 heteroatoms. The van der Waals surface area contributed by atoms with E-state index in [0.29, 0.717) is 18.8 Å². The van der Waals surface area contributed by atoms with Gasteiger partial charge in [0.1, 0.15) is 5.69 Å². The minimum Gasteiger partial charge on any atom is -0.339 e. The van der Waals surface area contributed by atoms with Crippen LogP contribution >= 0.6 is 11.3 Å². The first kappa shape index (κ1) is 13.0. The Balaban J connectivity index is 1.88. The van der Waals surface area contributed by atoms with Crippen LogP contribution in [0.4, 0.5) is 0 Å². The summed E-state index contributed by atoms with van der Waals surface area (Å²) < 4.78 is 0. The highest BCUT2D eigenvalue weighted by Crippen LogP contribution is 2.05. The average molecular weight is 268 g/mol. The summed E-state index contributed by atoms with van der Waals surface area (Å²) >= 11 is 1.37. The maximum Gasteiger partial charge on any atom is 0.273 e. The molecular formula is C11H16N4O2S. The third-order valence-electron chi connectivity index (χ3n) is 2.84. The minimum absolute atomic E-state index is 0.0115. The van der Waals surface area contributed by atoms with Crippen molar-refractivity contribution in [2.24, 2.45) is 0 Å². The van der Waals surface area contributed by atoms with Crippen molar-refractivity contribution in [1.29, 1.82) is 0 Å².